The Morgan fingerprint density at radius 1 is 1.27 bits per heavy atom. The zero-order valence-electron chi connectivity index (χ0n) is 11.7. The van der Waals surface area contributed by atoms with Crippen LogP contribution in [0.15, 0.2) is 53.6 Å². The van der Waals surface area contributed by atoms with E-state index in [0.717, 1.165) is 5.56 Å². The molecule has 0 heterocycles. The van der Waals surface area contributed by atoms with Crippen LogP contribution in [0.25, 0.3) is 10.4 Å². The number of hydrogen-bond donors (Lipinski definition) is 0. The van der Waals surface area contributed by atoms with Crippen LogP contribution in [-0.2, 0) is 0 Å². The molecule has 5 nitrogen and oxygen atoms in total. The molecule has 0 unspecified atom stereocenters. The van der Waals surface area contributed by atoms with E-state index in [1.54, 1.807) is 18.2 Å². The molecular weight excluding hydrogens is 300 g/mol. The normalized spacial score (nSPS) is 11.1. The zero-order valence-corrected chi connectivity index (χ0v) is 12.4. The van der Waals surface area contributed by atoms with Crippen LogP contribution in [0.3, 0.4) is 0 Å². The second-order valence-electron chi connectivity index (χ2n) is 4.51. The minimum Gasteiger partial charge on any atom is -0.484 e. The summed E-state index contributed by atoms with van der Waals surface area (Å²) in [5.74, 6) is 0.421. The molecule has 2 aromatic rings. The summed E-state index contributed by atoms with van der Waals surface area (Å²) < 4.78 is 5.96. The molecule has 0 aliphatic carbocycles. The highest BCUT2D eigenvalue weighted by molar-refractivity contribution is 6.30. The van der Waals surface area contributed by atoms with Gasteiger partial charge in [-0.15, -0.1) is 0 Å². The number of nitriles is 1. The molecule has 0 aliphatic heterocycles. The zero-order chi connectivity index (χ0) is 15.8. The molecule has 0 radical (unpaired) electrons. The van der Waals surface area contributed by atoms with Crippen LogP contribution in [0.2, 0.25) is 5.02 Å². The minimum absolute atomic E-state index is 0.304. The van der Waals surface area contributed by atoms with E-state index in [-0.39, 0.29) is 6.10 Å². The first-order valence-corrected chi connectivity index (χ1v) is 7.04. The molecule has 0 amide bonds. The van der Waals surface area contributed by atoms with Gasteiger partial charge < -0.3 is 4.74 Å². The second kappa shape index (κ2) is 7.94. The SMILES string of the molecule is N#Cc1ccc(Cl)cc1O[C@H](CCN=[N+]=[N-])c1ccccc1. The van der Waals surface area contributed by atoms with Crippen LogP contribution < -0.4 is 4.74 Å². The van der Waals surface area contributed by atoms with Gasteiger partial charge in [0.1, 0.15) is 17.9 Å². The summed E-state index contributed by atoms with van der Waals surface area (Å²) in [6.45, 7) is 0.304. The maximum Gasteiger partial charge on any atom is 0.139 e. The smallest absolute Gasteiger partial charge is 0.139 e. The first kappa shape index (κ1) is 15.7. The van der Waals surface area contributed by atoms with Crippen LogP contribution in [-0.4, -0.2) is 6.54 Å². The van der Waals surface area contributed by atoms with E-state index in [4.69, 9.17) is 27.1 Å². The summed E-state index contributed by atoms with van der Waals surface area (Å²) in [6, 6.07) is 16.5. The number of halogens is 1. The van der Waals surface area contributed by atoms with E-state index < -0.39 is 0 Å². The van der Waals surface area contributed by atoms with Gasteiger partial charge in [-0.1, -0.05) is 47.0 Å². The van der Waals surface area contributed by atoms with Crippen molar-refractivity contribution in [2.75, 3.05) is 6.54 Å². The maximum absolute atomic E-state index is 9.17. The third kappa shape index (κ3) is 4.16. The van der Waals surface area contributed by atoms with Crippen molar-refractivity contribution in [3.05, 3.63) is 75.1 Å². The molecule has 2 rings (SSSR count). The lowest BCUT2D eigenvalue weighted by molar-refractivity contribution is 0.197. The predicted molar refractivity (Wildman–Crippen MR) is 84.6 cm³/mol. The van der Waals surface area contributed by atoms with E-state index in [1.807, 2.05) is 30.3 Å². The molecule has 110 valence electrons. The first-order chi connectivity index (χ1) is 10.7. The van der Waals surface area contributed by atoms with Gasteiger partial charge in [0.05, 0.1) is 5.56 Å². The Hall–Kier alpha value is -2.67. The van der Waals surface area contributed by atoms with Gasteiger partial charge >= 0.3 is 0 Å². The lowest BCUT2D eigenvalue weighted by atomic mass is 10.1. The molecule has 0 bridgehead atoms. The number of benzene rings is 2. The van der Waals surface area contributed by atoms with E-state index in [0.29, 0.717) is 29.3 Å². The Balaban J connectivity index is 2.28. The summed E-state index contributed by atoms with van der Waals surface area (Å²) in [5.41, 5.74) is 9.77. The van der Waals surface area contributed by atoms with Crippen molar-refractivity contribution in [1.82, 2.24) is 0 Å². The van der Waals surface area contributed by atoms with Crippen molar-refractivity contribution < 1.29 is 4.74 Å². The summed E-state index contributed by atoms with van der Waals surface area (Å²) in [4.78, 5) is 2.75. The molecule has 0 spiro atoms. The molecule has 1 atom stereocenters. The van der Waals surface area contributed by atoms with Gasteiger partial charge in [0, 0.05) is 22.5 Å². The molecular formula is C16H13ClN4O. The molecule has 2 aromatic carbocycles. The summed E-state index contributed by atoms with van der Waals surface area (Å²) in [7, 11) is 0. The van der Waals surface area contributed by atoms with E-state index in [2.05, 4.69) is 16.1 Å². The van der Waals surface area contributed by atoms with Crippen LogP contribution in [0.1, 0.15) is 23.7 Å². The number of hydrogen-bond acceptors (Lipinski definition) is 3. The molecule has 0 saturated heterocycles. The van der Waals surface area contributed by atoms with Crippen molar-refractivity contribution in [2.24, 2.45) is 5.11 Å². The van der Waals surface area contributed by atoms with Gasteiger partial charge in [-0.05, 0) is 29.6 Å². The highest BCUT2D eigenvalue weighted by Crippen LogP contribution is 2.29. The van der Waals surface area contributed by atoms with Crippen LogP contribution in [0.5, 0.6) is 5.75 Å². The van der Waals surface area contributed by atoms with E-state index in [1.165, 1.54) is 0 Å². The van der Waals surface area contributed by atoms with Crippen LogP contribution in [0.4, 0.5) is 0 Å². The number of ether oxygens (including phenoxy) is 1. The van der Waals surface area contributed by atoms with E-state index >= 15 is 0 Å². The molecule has 0 N–H and O–H groups in total. The van der Waals surface area contributed by atoms with Gasteiger partial charge in [-0.25, -0.2) is 0 Å². The Bertz CT molecular complexity index is 721. The minimum atomic E-state index is -0.322. The summed E-state index contributed by atoms with van der Waals surface area (Å²) in [6.07, 6.45) is 0.183. The number of azide groups is 1. The number of rotatable bonds is 6. The van der Waals surface area contributed by atoms with Gasteiger partial charge in [-0.2, -0.15) is 5.26 Å². The summed E-state index contributed by atoms with van der Waals surface area (Å²) in [5, 5.41) is 13.2. The molecule has 0 aromatic heterocycles. The van der Waals surface area contributed by atoms with Crippen molar-refractivity contribution in [2.45, 2.75) is 12.5 Å². The Kier molecular flexibility index (Phi) is 5.67. The molecule has 22 heavy (non-hydrogen) atoms. The highest BCUT2D eigenvalue weighted by atomic mass is 35.5. The lowest BCUT2D eigenvalue weighted by Crippen LogP contribution is -2.10. The van der Waals surface area contributed by atoms with Crippen molar-refractivity contribution in [3.63, 3.8) is 0 Å². The molecule has 6 heteroatoms. The standard InChI is InChI=1S/C16H13ClN4O/c17-14-7-6-13(11-18)16(10-14)22-15(8-9-20-21-19)12-4-2-1-3-5-12/h1-7,10,15H,8-9H2/t15-/m1/s1. The average molecular weight is 313 g/mol. The molecule has 0 fully saturated rings. The monoisotopic (exact) mass is 312 g/mol. The number of nitrogens with zero attached hydrogens (tertiary/aromatic N) is 4. The Labute approximate surface area is 133 Å². The van der Waals surface area contributed by atoms with E-state index in [9.17, 15) is 0 Å². The molecule has 0 saturated carbocycles. The maximum atomic E-state index is 9.17. The van der Waals surface area contributed by atoms with Crippen molar-refractivity contribution >= 4 is 11.6 Å². The molecule has 0 aliphatic rings. The highest BCUT2D eigenvalue weighted by Gasteiger charge is 2.15. The largest absolute Gasteiger partial charge is 0.484 e. The van der Waals surface area contributed by atoms with Crippen molar-refractivity contribution in [1.29, 1.82) is 5.26 Å². The van der Waals surface area contributed by atoms with Gasteiger partial charge in [0.25, 0.3) is 0 Å². The van der Waals surface area contributed by atoms with Gasteiger partial charge in [0.15, 0.2) is 0 Å². The fraction of sp³-hybridized carbons (Fsp3) is 0.188. The van der Waals surface area contributed by atoms with Gasteiger partial charge in [-0.3, -0.25) is 0 Å². The fourth-order valence-corrected chi connectivity index (χ4v) is 2.18. The van der Waals surface area contributed by atoms with Crippen LogP contribution >= 0.6 is 11.6 Å². The Morgan fingerprint density at radius 3 is 2.73 bits per heavy atom. The lowest BCUT2D eigenvalue weighted by Gasteiger charge is -2.19. The topological polar surface area (TPSA) is 81.8 Å². The summed E-state index contributed by atoms with van der Waals surface area (Å²) >= 11 is 5.97. The van der Waals surface area contributed by atoms with Crippen molar-refractivity contribution in [3.8, 4) is 11.8 Å². The third-order valence-electron chi connectivity index (χ3n) is 3.06. The predicted octanol–water partition coefficient (Wildman–Crippen LogP) is 5.03. The van der Waals surface area contributed by atoms with Crippen LogP contribution in [0, 0.1) is 11.3 Å². The average Bonchev–Trinajstić information content (AvgIpc) is 2.55. The quantitative estimate of drug-likeness (QED) is 0.425. The Morgan fingerprint density at radius 2 is 2.05 bits per heavy atom. The third-order valence-corrected chi connectivity index (χ3v) is 3.29. The fourth-order valence-electron chi connectivity index (χ4n) is 2.02. The van der Waals surface area contributed by atoms with Gasteiger partial charge in [0.2, 0.25) is 0 Å². The second-order valence-corrected chi connectivity index (χ2v) is 4.95. The first-order valence-electron chi connectivity index (χ1n) is 6.66.